The van der Waals surface area contributed by atoms with Crippen LogP contribution in [0.3, 0.4) is 0 Å². The molecule has 0 spiro atoms. The van der Waals surface area contributed by atoms with Crippen molar-refractivity contribution in [2.75, 3.05) is 24.3 Å². The van der Waals surface area contributed by atoms with E-state index < -0.39 is 0 Å². The van der Waals surface area contributed by atoms with Crippen molar-refractivity contribution in [3.63, 3.8) is 0 Å². The summed E-state index contributed by atoms with van der Waals surface area (Å²) in [4.78, 5) is 30.7. The molecule has 1 atom stereocenters. The number of nitrogens with zero attached hydrogens (tertiary/aromatic N) is 2. The van der Waals surface area contributed by atoms with Gasteiger partial charge in [0.1, 0.15) is 0 Å². The fourth-order valence-electron chi connectivity index (χ4n) is 4.59. The summed E-state index contributed by atoms with van der Waals surface area (Å²) >= 11 is 0. The van der Waals surface area contributed by atoms with E-state index in [9.17, 15) is 9.59 Å². The molecule has 5 nitrogen and oxygen atoms in total. The van der Waals surface area contributed by atoms with Crippen LogP contribution >= 0.6 is 0 Å². The van der Waals surface area contributed by atoms with E-state index in [-0.39, 0.29) is 23.1 Å². The number of hydrogen-bond donors (Lipinski definition) is 1. The van der Waals surface area contributed by atoms with E-state index in [1.165, 1.54) is 0 Å². The first-order chi connectivity index (χ1) is 17.6. The lowest BCUT2D eigenvalue weighted by Crippen LogP contribution is -2.34. The Morgan fingerprint density at radius 1 is 0.865 bits per heavy atom. The van der Waals surface area contributed by atoms with Gasteiger partial charge in [-0.1, -0.05) is 88.4 Å². The molecule has 0 heterocycles. The fourth-order valence-corrected chi connectivity index (χ4v) is 4.59. The quantitative estimate of drug-likeness (QED) is 0.332. The van der Waals surface area contributed by atoms with E-state index in [2.05, 4.69) is 50.0 Å². The molecule has 1 N–H and O–H groups in total. The van der Waals surface area contributed by atoms with Gasteiger partial charge in [0, 0.05) is 45.0 Å². The van der Waals surface area contributed by atoms with E-state index in [4.69, 9.17) is 0 Å². The van der Waals surface area contributed by atoms with E-state index in [1.807, 2.05) is 85.7 Å². The molecule has 37 heavy (non-hydrogen) atoms. The molecule has 0 saturated carbocycles. The zero-order valence-corrected chi connectivity index (χ0v) is 23.1. The van der Waals surface area contributed by atoms with Gasteiger partial charge in [0.05, 0.1) is 5.92 Å². The summed E-state index contributed by atoms with van der Waals surface area (Å²) < 4.78 is 0. The molecule has 0 bridgehead atoms. The van der Waals surface area contributed by atoms with Crippen LogP contribution in [0.15, 0.2) is 78.9 Å². The normalized spacial score (nSPS) is 12.1. The van der Waals surface area contributed by atoms with Gasteiger partial charge in [-0.2, -0.15) is 0 Å². The maximum atomic E-state index is 14.0. The molecule has 0 aliphatic rings. The van der Waals surface area contributed by atoms with Gasteiger partial charge in [-0.15, -0.1) is 0 Å². The first-order valence-corrected chi connectivity index (χ1v) is 13.0. The molecule has 196 valence electrons. The third kappa shape index (κ3) is 8.21. The second-order valence-electron chi connectivity index (χ2n) is 11.1. The van der Waals surface area contributed by atoms with Crippen LogP contribution in [0, 0.1) is 5.41 Å². The number of amides is 2. The lowest BCUT2D eigenvalue weighted by Gasteiger charge is -2.29. The van der Waals surface area contributed by atoms with Crippen LogP contribution in [0.1, 0.15) is 63.1 Å². The Hall–Kier alpha value is -3.60. The van der Waals surface area contributed by atoms with Crippen molar-refractivity contribution in [3.05, 3.63) is 95.6 Å². The monoisotopic (exact) mass is 499 g/mol. The van der Waals surface area contributed by atoms with Crippen LogP contribution in [0.25, 0.3) is 0 Å². The minimum Gasteiger partial charge on any atom is -0.377 e. The summed E-state index contributed by atoms with van der Waals surface area (Å²) in [5.74, 6) is -0.129. The van der Waals surface area contributed by atoms with Gasteiger partial charge in [0.25, 0.3) is 0 Å². The molecule has 0 aliphatic carbocycles. The van der Waals surface area contributed by atoms with Gasteiger partial charge in [-0.3, -0.25) is 9.59 Å². The summed E-state index contributed by atoms with van der Waals surface area (Å²) in [6, 6.07) is 26.1. The van der Waals surface area contributed by atoms with Crippen LogP contribution in [0.2, 0.25) is 0 Å². The average Bonchev–Trinajstić information content (AvgIpc) is 2.84. The van der Waals surface area contributed by atoms with E-state index in [0.29, 0.717) is 19.5 Å². The number of hydrogen-bond acceptors (Lipinski definition) is 3. The Bertz CT molecular complexity index is 1170. The van der Waals surface area contributed by atoms with E-state index in [0.717, 1.165) is 34.5 Å². The van der Waals surface area contributed by atoms with Crippen LogP contribution in [-0.2, 0) is 22.7 Å². The molecule has 5 heteroatoms. The Balaban J connectivity index is 1.96. The number of rotatable bonds is 10. The maximum Gasteiger partial charge on any atom is 0.230 e. The lowest BCUT2D eigenvalue weighted by atomic mass is 9.92. The smallest absolute Gasteiger partial charge is 0.230 e. The molecule has 3 aromatic carbocycles. The van der Waals surface area contributed by atoms with Crippen molar-refractivity contribution in [3.8, 4) is 0 Å². The summed E-state index contributed by atoms with van der Waals surface area (Å²) in [5.41, 5.74) is 4.78. The first-order valence-electron chi connectivity index (χ1n) is 13.0. The topological polar surface area (TPSA) is 52.7 Å². The molecule has 0 saturated heterocycles. The van der Waals surface area contributed by atoms with Crippen molar-refractivity contribution in [1.82, 2.24) is 4.90 Å². The first kappa shape index (κ1) is 28.0. The predicted octanol–water partition coefficient (Wildman–Crippen LogP) is 6.85. The minimum atomic E-state index is -0.220. The zero-order chi connectivity index (χ0) is 27.0. The summed E-state index contributed by atoms with van der Waals surface area (Å²) in [6.07, 6.45) is 1.16. The molecule has 0 fully saturated rings. The minimum absolute atomic E-state index is 0.0107. The summed E-state index contributed by atoms with van der Waals surface area (Å²) in [6.45, 7) is 9.17. The SMILES string of the molecule is CC[C@@H](C(=O)N(Cc1ccccc1)Cc1cc(NC(=O)CC(C)(C)C)ccc1N(C)C)c1ccccc1. The van der Waals surface area contributed by atoms with Crippen LogP contribution in [-0.4, -0.2) is 30.8 Å². The number of benzene rings is 3. The summed E-state index contributed by atoms with van der Waals surface area (Å²) in [7, 11) is 4.00. The number of carbonyl (C=O) groups is 2. The maximum absolute atomic E-state index is 14.0. The lowest BCUT2D eigenvalue weighted by molar-refractivity contribution is -0.134. The molecule has 2 amide bonds. The second-order valence-corrected chi connectivity index (χ2v) is 11.1. The molecule has 0 aromatic heterocycles. The van der Waals surface area contributed by atoms with Crippen LogP contribution in [0.5, 0.6) is 0 Å². The fraction of sp³-hybridized carbons (Fsp3) is 0.375. The standard InChI is InChI=1S/C32H41N3O2/c1-7-28(25-16-12-9-13-17-25)31(37)35(22-24-14-10-8-11-15-24)23-26-20-27(18-19-29(26)34(5)6)33-30(36)21-32(2,3)4/h8-20,28H,7,21-23H2,1-6H3,(H,33,36)/t28-/m1/s1. The Morgan fingerprint density at radius 2 is 1.49 bits per heavy atom. The highest BCUT2D eigenvalue weighted by atomic mass is 16.2. The van der Waals surface area contributed by atoms with Crippen molar-refractivity contribution in [2.24, 2.45) is 5.41 Å². The third-order valence-electron chi connectivity index (χ3n) is 6.33. The third-order valence-corrected chi connectivity index (χ3v) is 6.33. The van der Waals surface area contributed by atoms with Crippen molar-refractivity contribution < 1.29 is 9.59 Å². The van der Waals surface area contributed by atoms with Gasteiger partial charge in [-0.05, 0) is 46.7 Å². The highest BCUT2D eigenvalue weighted by molar-refractivity contribution is 5.91. The van der Waals surface area contributed by atoms with Gasteiger partial charge in [-0.25, -0.2) is 0 Å². The van der Waals surface area contributed by atoms with Crippen molar-refractivity contribution in [1.29, 1.82) is 0 Å². The molecule has 3 aromatic rings. The van der Waals surface area contributed by atoms with Crippen molar-refractivity contribution in [2.45, 2.75) is 59.5 Å². The molecule has 0 unspecified atom stereocenters. The highest BCUT2D eigenvalue weighted by Gasteiger charge is 2.26. The second kappa shape index (κ2) is 12.6. The largest absolute Gasteiger partial charge is 0.377 e. The van der Waals surface area contributed by atoms with Crippen LogP contribution in [0.4, 0.5) is 11.4 Å². The Morgan fingerprint density at radius 3 is 2.05 bits per heavy atom. The van der Waals surface area contributed by atoms with E-state index in [1.54, 1.807) is 0 Å². The van der Waals surface area contributed by atoms with Crippen LogP contribution < -0.4 is 10.2 Å². The number of nitrogens with one attached hydrogen (secondary N) is 1. The highest BCUT2D eigenvalue weighted by Crippen LogP contribution is 2.29. The molecule has 0 aliphatic heterocycles. The summed E-state index contributed by atoms with van der Waals surface area (Å²) in [5, 5.41) is 3.06. The predicted molar refractivity (Wildman–Crippen MR) is 154 cm³/mol. The molecule has 3 rings (SSSR count). The number of anilines is 2. The van der Waals surface area contributed by atoms with Crippen molar-refractivity contribution >= 4 is 23.2 Å². The van der Waals surface area contributed by atoms with Gasteiger partial charge >= 0.3 is 0 Å². The van der Waals surface area contributed by atoms with E-state index >= 15 is 0 Å². The number of carbonyl (C=O) groups excluding carboxylic acids is 2. The van der Waals surface area contributed by atoms with Gasteiger partial charge in [0.2, 0.25) is 11.8 Å². The van der Waals surface area contributed by atoms with Gasteiger partial charge < -0.3 is 15.1 Å². The molecular weight excluding hydrogens is 458 g/mol. The average molecular weight is 500 g/mol. The molecule has 0 radical (unpaired) electrons. The van der Waals surface area contributed by atoms with Gasteiger partial charge in [0.15, 0.2) is 0 Å². The Labute approximate surface area is 222 Å². The Kier molecular flexibility index (Phi) is 9.51. The molecular formula is C32H41N3O2. The zero-order valence-electron chi connectivity index (χ0n) is 23.1.